The van der Waals surface area contributed by atoms with Gasteiger partial charge in [-0.1, -0.05) is 11.8 Å². The SMILES string of the molecule is CSc1nc(N)cc(Sc2ncc(C)cn2)n1. The van der Waals surface area contributed by atoms with Crippen molar-refractivity contribution >= 4 is 29.3 Å². The van der Waals surface area contributed by atoms with Gasteiger partial charge in [-0.15, -0.1) is 0 Å². The lowest BCUT2D eigenvalue weighted by Crippen LogP contribution is -1.96. The lowest BCUT2D eigenvalue weighted by atomic mass is 10.4. The summed E-state index contributed by atoms with van der Waals surface area (Å²) in [7, 11) is 0. The first-order valence-corrected chi connectivity index (χ1v) is 6.86. The van der Waals surface area contributed by atoms with Crippen LogP contribution in [0, 0.1) is 6.92 Å². The number of nitrogens with two attached hydrogens (primary N) is 1. The number of aromatic nitrogens is 4. The number of aryl methyl sites for hydroxylation is 1. The quantitative estimate of drug-likeness (QED) is 0.517. The molecule has 2 heterocycles. The Balaban J connectivity index is 2.23. The number of hydrogen-bond acceptors (Lipinski definition) is 7. The van der Waals surface area contributed by atoms with Crippen molar-refractivity contribution in [1.29, 1.82) is 0 Å². The third kappa shape index (κ3) is 3.31. The van der Waals surface area contributed by atoms with Gasteiger partial charge in [0.05, 0.1) is 0 Å². The summed E-state index contributed by atoms with van der Waals surface area (Å²) in [6.07, 6.45) is 5.45. The Labute approximate surface area is 108 Å². The van der Waals surface area contributed by atoms with E-state index >= 15 is 0 Å². The van der Waals surface area contributed by atoms with Gasteiger partial charge in [0.15, 0.2) is 10.3 Å². The van der Waals surface area contributed by atoms with Crippen LogP contribution >= 0.6 is 23.5 Å². The molecule has 0 amide bonds. The summed E-state index contributed by atoms with van der Waals surface area (Å²) < 4.78 is 0. The lowest BCUT2D eigenvalue weighted by molar-refractivity contribution is 0.890. The van der Waals surface area contributed by atoms with Crippen molar-refractivity contribution < 1.29 is 0 Å². The van der Waals surface area contributed by atoms with E-state index in [1.54, 1.807) is 18.5 Å². The van der Waals surface area contributed by atoms with E-state index in [0.29, 0.717) is 16.1 Å². The summed E-state index contributed by atoms with van der Waals surface area (Å²) >= 11 is 2.83. The molecule has 17 heavy (non-hydrogen) atoms. The Hall–Kier alpha value is -1.34. The lowest BCUT2D eigenvalue weighted by Gasteiger charge is -2.02. The van der Waals surface area contributed by atoms with Gasteiger partial charge in [-0.2, -0.15) is 0 Å². The summed E-state index contributed by atoms with van der Waals surface area (Å²) in [5, 5.41) is 2.06. The maximum Gasteiger partial charge on any atom is 0.193 e. The molecule has 7 heteroatoms. The highest BCUT2D eigenvalue weighted by molar-refractivity contribution is 7.99. The van der Waals surface area contributed by atoms with Crippen LogP contribution in [0.1, 0.15) is 5.56 Å². The van der Waals surface area contributed by atoms with E-state index in [4.69, 9.17) is 5.73 Å². The second kappa shape index (κ2) is 5.33. The Morgan fingerprint density at radius 3 is 2.47 bits per heavy atom. The van der Waals surface area contributed by atoms with Crippen molar-refractivity contribution in [1.82, 2.24) is 19.9 Å². The molecule has 0 spiro atoms. The van der Waals surface area contributed by atoms with Crippen LogP contribution in [0.2, 0.25) is 0 Å². The highest BCUT2D eigenvalue weighted by Gasteiger charge is 2.05. The third-order valence-electron chi connectivity index (χ3n) is 1.84. The van der Waals surface area contributed by atoms with Crippen LogP contribution < -0.4 is 5.73 Å². The molecular weight excluding hydrogens is 254 g/mol. The normalized spacial score (nSPS) is 10.5. The predicted molar refractivity (Wildman–Crippen MR) is 69.1 cm³/mol. The molecule has 2 aromatic rings. The molecule has 0 saturated carbocycles. The molecule has 0 aromatic carbocycles. The first-order valence-electron chi connectivity index (χ1n) is 4.82. The number of anilines is 1. The molecule has 0 atom stereocenters. The molecule has 88 valence electrons. The molecule has 0 unspecified atom stereocenters. The summed E-state index contributed by atoms with van der Waals surface area (Å²) in [6, 6.07) is 1.72. The molecule has 5 nitrogen and oxygen atoms in total. The zero-order valence-electron chi connectivity index (χ0n) is 9.41. The minimum absolute atomic E-state index is 0.457. The molecule has 0 saturated heterocycles. The second-order valence-corrected chi connectivity index (χ2v) is 5.02. The number of nitrogen functional groups attached to an aromatic ring is 1. The van der Waals surface area contributed by atoms with Crippen LogP contribution in [0.5, 0.6) is 0 Å². The molecule has 0 aliphatic rings. The Bertz CT molecular complexity index is 515. The monoisotopic (exact) mass is 265 g/mol. The van der Waals surface area contributed by atoms with Crippen molar-refractivity contribution in [2.45, 2.75) is 22.3 Å². The minimum atomic E-state index is 0.457. The third-order valence-corrected chi connectivity index (χ3v) is 3.20. The maximum absolute atomic E-state index is 5.69. The average molecular weight is 265 g/mol. The van der Waals surface area contributed by atoms with Gasteiger partial charge in [-0.25, -0.2) is 19.9 Å². The highest BCUT2D eigenvalue weighted by atomic mass is 32.2. The fraction of sp³-hybridized carbons (Fsp3) is 0.200. The zero-order valence-corrected chi connectivity index (χ0v) is 11.0. The van der Waals surface area contributed by atoms with Crippen molar-refractivity contribution in [3.63, 3.8) is 0 Å². The van der Waals surface area contributed by atoms with Crippen LogP contribution in [0.4, 0.5) is 5.82 Å². The summed E-state index contributed by atoms with van der Waals surface area (Å²) in [6.45, 7) is 1.95. The van der Waals surface area contributed by atoms with Crippen molar-refractivity contribution in [2.75, 3.05) is 12.0 Å². The van der Waals surface area contributed by atoms with Gasteiger partial charge in [-0.05, 0) is 30.5 Å². The highest BCUT2D eigenvalue weighted by Crippen LogP contribution is 2.25. The molecule has 0 aliphatic carbocycles. The number of nitrogens with zero attached hydrogens (tertiary/aromatic N) is 4. The second-order valence-electron chi connectivity index (χ2n) is 3.26. The van der Waals surface area contributed by atoms with Gasteiger partial charge >= 0.3 is 0 Å². The fourth-order valence-electron chi connectivity index (χ4n) is 1.09. The van der Waals surface area contributed by atoms with Gasteiger partial charge in [-0.3, -0.25) is 0 Å². The Morgan fingerprint density at radius 1 is 1.12 bits per heavy atom. The van der Waals surface area contributed by atoms with E-state index in [2.05, 4.69) is 19.9 Å². The van der Waals surface area contributed by atoms with E-state index in [0.717, 1.165) is 10.6 Å². The standard InChI is InChI=1S/C10H11N5S2/c1-6-4-12-9(13-5-6)17-8-3-7(11)14-10(15-8)16-2/h3-5H,1-2H3,(H2,11,14,15). The van der Waals surface area contributed by atoms with Crippen LogP contribution in [-0.2, 0) is 0 Å². The van der Waals surface area contributed by atoms with Gasteiger partial charge in [0.2, 0.25) is 0 Å². The van der Waals surface area contributed by atoms with E-state index in [9.17, 15) is 0 Å². The smallest absolute Gasteiger partial charge is 0.193 e. The van der Waals surface area contributed by atoms with E-state index in [1.807, 2.05) is 13.2 Å². The minimum Gasteiger partial charge on any atom is -0.384 e. The van der Waals surface area contributed by atoms with Crippen LogP contribution in [-0.4, -0.2) is 26.2 Å². The molecule has 2 aromatic heterocycles. The molecular formula is C10H11N5S2. The van der Waals surface area contributed by atoms with E-state index in [-0.39, 0.29) is 0 Å². The molecule has 0 aliphatic heterocycles. The number of rotatable bonds is 3. The first kappa shape index (κ1) is 12.1. The first-order chi connectivity index (χ1) is 8.17. The zero-order chi connectivity index (χ0) is 12.3. The van der Waals surface area contributed by atoms with E-state index < -0.39 is 0 Å². The van der Waals surface area contributed by atoms with Gasteiger partial charge in [0.25, 0.3) is 0 Å². The predicted octanol–water partition coefficient (Wildman–Crippen LogP) is 2.03. The molecule has 0 fully saturated rings. The van der Waals surface area contributed by atoms with Crippen molar-refractivity contribution in [3.05, 3.63) is 24.0 Å². The number of thioether (sulfide) groups is 1. The van der Waals surface area contributed by atoms with Crippen LogP contribution in [0.15, 0.2) is 33.8 Å². The maximum atomic E-state index is 5.69. The summed E-state index contributed by atoms with van der Waals surface area (Å²) in [5.41, 5.74) is 6.72. The molecule has 2 rings (SSSR count). The fourth-order valence-corrected chi connectivity index (χ4v) is 2.25. The van der Waals surface area contributed by atoms with Crippen LogP contribution in [0.3, 0.4) is 0 Å². The summed E-state index contributed by atoms with van der Waals surface area (Å²) in [5.74, 6) is 0.457. The Kier molecular flexibility index (Phi) is 3.80. The average Bonchev–Trinajstić information content (AvgIpc) is 2.31. The molecule has 2 N–H and O–H groups in total. The van der Waals surface area contributed by atoms with E-state index in [1.165, 1.54) is 23.5 Å². The number of hydrogen-bond donors (Lipinski definition) is 1. The molecule has 0 bridgehead atoms. The van der Waals surface area contributed by atoms with Gasteiger partial charge in [0.1, 0.15) is 10.8 Å². The van der Waals surface area contributed by atoms with Crippen molar-refractivity contribution in [3.8, 4) is 0 Å². The van der Waals surface area contributed by atoms with Crippen LogP contribution in [0.25, 0.3) is 0 Å². The van der Waals surface area contributed by atoms with Gasteiger partial charge < -0.3 is 5.73 Å². The topological polar surface area (TPSA) is 77.6 Å². The van der Waals surface area contributed by atoms with Gasteiger partial charge in [0, 0.05) is 18.5 Å². The Morgan fingerprint density at radius 2 is 1.82 bits per heavy atom. The largest absolute Gasteiger partial charge is 0.384 e. The summed E-state index contributed by atoms with van der Waals surface area (Å²) in [4.78, 5) is 16.8. The molecule has 0 radical (unpaired) electrons. The van der Waals surface area contributed by atoms with Crippen molar-refractivity contribution in [2.24, 2.45) is 0 Å².